The minimum atomic E-state index is -0.362. The summed E-state index contributed by atoms with van der Waals surface area (Å²) in [5, 5.41) is 8.60. The number of carbonyl (C=O) groups is 2. The number of aryl methyl sites for hydroxylation is 1. The Labute approximate surface area is 204 Å². The molecule has 4 rings (SSSR count). The van der Waals surface area contributed by atoms with Gasteiger partial charge in [0, 0.05) is 17.5 Å². The van der Waals surface area contributed by atoms with Crippen LogP contribution < -0.4 is 5.32 Å². The van der Waals surface area contributed by atoms with Crippen LogP contribution in [0.3, 0.4) is 0 Å². The Bertz CT molecular complexity index is 1290. The van der Waals surface area contributed by atoms with Gasteiger partial charge in [-0.1, -0.05) is 48.5 Å². The zero-order valence-corrected chi connectivity index (χ0v) is 20.9. The largest absolute Gasteiger partial charge is 0.350 e. The number of fused-ring (bicyclic) bond motifs is 1. The molecule has 2 aromatic carbocycles. The lowest BCUT2D eigenvalue weighted by Gasteiger charge is -2.25. The van der Waals surface area contributed by atoms with Gasteiger partial charge in [-0.15, -0.1) is 11.3 Å². The van der Waals surface area contributed by atoms with E-state index in [4.69, 9.17) is 0 Å². The minimum Gasteiger partial charge on any atom is -0.350 e. The van der Waals surface area contributed by atoms with Crippen LogP contribution in [0.25, 0.3) is 15.9 Å². The number of benzene rings is 2. The molecule has 0 unspecified atom stereocenters. The van der Waals surface area contributed by atoms with Crippen LogP contribution in [0.2, 0.25) is 0 Å². The van der Waals surface area contributed by atoms with Gasteiger partial charge < -0.3 is 10.2 Å². The molecule has 2 aromatic heterocycles. The average Bonchev–Trinajstić information content (AvgIpc) is 3.37. The SMILES string of the molecule is Cc1nn(-c2ccccc2)c2sc(C(=O)N(CCc3ccccc3)CC(=O)NC(C)(C)C)cc12. The molecule has 0 saturated carbocycles. The zero-order valence-electron chi connectivity index (χ0n) is 20.0. The Morgan fingerprint density at radius 3 is 2.32 bits per heavy atom. The molecule has 0 saturated heterocycles. The first-order valence-electron chi connectivity index (χ1n) is 11.4. The number of aromatic nitrogens is 2. The van der Waals surface area contributed by atoms with Gasteiger partial charge in [-0.05, 0) is 57.9 Å². The average molecular weight is 475 g/mol. The van der Waals surface area contributed by atoms with E-state index in [0.717, 1.165) is 27.2 Å². The van der Waals surface area contributed by atoms with E-state index >= 15 is 0 Å². The molecule has 1 N–H and O–H groups in total. The fourth-order valence-corrected chi connectivity index (χ4v) is 5.00. The standard InChI is InChI=1S/C27H30N4O2S/c1-19-22-17-23(34-26(22)31(29-19)21-13-9-6-10-14-21)25(33)30(18-24(32)28-27(2,3)4)16-15-20-11-7-5-8-12-20/h5-14,17H,15-16,18H2,1-4H3,(H,28,32). The van der Waals surface area contributed by atoms with Crippen LogP contribution in [0.4, 0.5) is 0 Å². The fraction of sp³-hybridized carbons (Fsp3) is 0.296. The summed E-state index contributed by atoms with van der Waals surface area (Å²) >= 11 is 1.42. The van der Waals surface area contributed by atoms with Crippen LogP contribution in [-0.2, 0) is 11.2 Å². The van der Waals surface area contributed by atoms with Crippen molar-refractivity contribution >= 4 is 33.4 Å². The van der Waals surface area contributed by atoms with E-state index in [1.165, 1.54) is 11.3 Å². The smallest absolute Gasteiger partial charge is 0.264 e. The van der Waals surface area contributed by atoms with Gasteiger partial charge in [0.2, 0.25) is 5.91 Å². The number of hydrogen-bond donors (Lipinski definition) is 1. The van der Waals surface area contributed by atoms with E-state index in [-0.39, 0.29) is 23.9 Å². The summed E-state index contributed by atoms with van der Waals surface area (Å²) in [6.07, 6.45) is 0.678. The van der Waals surface area contributed by atoms with Crippen LogP contribution >= 0.6 is 11.3 Å². The molecule has 4 aromatic rings. The van der Waals surface area contributed by atoms with Gasteiger partial charge in [-0.3, -0.25) is 9.59 Å². The number of thiophene rings is 1. The maximum atomic E-state index is 13.6. The van der Waals surface area contributed by atoms with Crippen LogP contribution in [0.15, 0.2) is 66.7 Å². The number of para-hydroxylation sites is 1. The summed E-state index contributed by atoms with van der Waals surface area (Å²) in [6, 6.07) is 21.8. The van der Waals surface area contributed by atoms with Gasteiger partial charge in [0.1, 0.15) is 4.83 Å². The normalized spacial score (nSPS) is 11.5. The Kier molecular flexibility index (Phi) is 6.84. The first kappa shape index (κ1) is 23.7. The van der Waals surface area contributed by atoms with E-state index in [1.54, 1.807) is 4.90 Å². The summed E-state index contributed by atoms with van der Waals surface area (Å²) in [4.78, 5) is 29.5. The Morgan fingerprint density at radius 1 is 1.03 bits per heavy atom. The molecule has 0 atom stereocenters. The van der Waals surface area contributed by atoms with Gasteiger partial charge in [-0.25, -0.2) is 4.68 Å². The molecule has 0 aliphatic carbocycles. The van der Waals surface area contributed by atoms with Crippen molar-refractivity contribution in [3.05, 3.63) is 82.9 Å². The lowest BCUT2D eigenvalue weighted by Crippen LogP contribution is -2.47. The molecule has 0 bridgehead atoms. The van der Waals surface area contributed by atoms with Gasteiger partial charge in [0.05, 0.1) is 22.8 Å². The molecule has 0 spiro atoms. The van der Waals surface area contributed by atoms with E-state index in [0.29, 0.717) is 17.8 Å². The second kappa shape index (κ2) is 9.81. The number of nitrogens with one attached hydrogen (secondary N) is 1. The third-order valence-corrected chi connectivity index (χ3v) is 6.50. The highest BCUT2D eigenvalue weighted by Gasteiger charge is 2.24. The molecule has 0 radical (unpaired) electrons. The molecule has 6 nitrogen and oxygen atoms in total. The van der Waals surface area contributed by atoms with Crippen molar-refractivity contribution in [1.29, 1.82) is 0 Å². The Balaban J connectivity index is 1.62. The fourth-order valence-electron chi connectivity index (χ4n) is 3.84. The van der Waals surface area contributed by atoms with Crippen molar-refractivity contribution in [1.82, 2.24) is 20.0 Å². The number of carbonyl (C=O) groups excluding carboxylic acids is 2. The van der Waals surface area contributed by atoms with Gasteiger partial charge >= 0.3 is 0 Å². The monoisotopic (exact) mass is 474 g/mol. The van der Waals surface area contributed by atoms with Crippen molar-refractivity contribution in [3.63, 3.8) is 0 Å². The third-order valence-electron chi connectivity index (χ3n) is 5.41. The first-order valence-corrected chi connectivity index (χ1v) is 12.2. The van der Waals surface area contributed by atoms with Gasteiger partial charge in [0.25, 0.3) is 5.91 Å². The predicted molar refractivity (Wildman–Crippen MR) is 138 cm³/mol. The molecule has 176 valence electrons. The maximum Gasteiger partial charge on any atom is 0.264 e. The molecule has 2 heterocycles. The molecule has 34 heavy (non-hydrogen) atoms. The Hall–Kier alpha value is -3.45. The van der Waals surface area contributed by atoms with Crippen LogP contribution in [0.5, 0.6) is 0 Å². The van der Waals surface area contributed by atoms with Crippen molar-refractivity contribution in [2.24, 2.45) is 0 Å². The Morgan fingerprint density at radius 2 is 1.68 bits per heavy atom. The summed E-state index contributed by atoms with van der Waals surface area (Å²) < 4.78 is 1.88. The molecule has 7 heteroatoms. The van der Waals surface area contributed by atoms with E-state index < -0.39 is 0 Å². The number of nitrogens with zero attached hydrogens (tertiary/aromatic N) is 3. The highest BCUT2D eigenvalue weighted by Crippen LogP contribution is 2.31. The van der Waals surface area contributed by atoms with Crippen molar-refractivity contribution in [2.75, 3.05) is 13.1 Å². The summed E-state index contributed by atoms with van der Waals surface area (Å²) in [5.41, 5.74) is 2.59. The summed E-state index contributed by atoms with van der Waals surface area (Å²) in [6.45, 7) is 8.23. The summed E-state index contributed by atoms with van der Waals surface area (Å²) in [7, 11) is 0. The maximum absolute atomic E-state index is 13.6. The quantitative estimate of drug-likeness (QED) is 0.410. The third kappa shape index (κ3) is 5.54. The molecule has 0 aliphatic heterocycles. The molecule has 0 aliphatic rings. The minimum absolute atomic E-state index is 0.0149. The van der Waals surface area contributed by atoms with Crippen molar-refractivity contribution in [2.45, 2.75) is 39.7 Å². The second-order valence-corrected chi connectivity index (χ2v) is 10.5. The van der Waals surface area contributed by atoms with Crippen LogP contribution in [0, 0.1) is 6.92 Å². The molecular formula is C27H30N4O2S. The molecular weight excluding hydrogens is 444 g/mol. The first-order chi connectivity index (χ1) is 16.2. The topological polar surface area (TPSA) is 67.2 Å². The zero-order chi connectivity index (χ0) is 24.3. The molecule has 2 amide bonds. The number of hydrogen-bond acceptors (Lipinski definition) is 4. The van der Waals surface area contributed by atoms with Gasteiger partial charge in [0.15, 0.2) is 0 Å². The lowest BCUT2D eigenvalue weighted by atomic mass is 10.1. The van der Waals surface area contributed by atoms with E-state index in [9.17, 15) is 9.59 Å². The number of amides is 2. The number of rotatable bonds is 7. The lowest BCUT2D eigenvalue weighted by molar-refractivity contribution is -0.123. The van der Waals surface area contributed by atoms with Crippen LogP contribution in [-0.4, -0.2) is 45.1 Å². The molecule has 0 fully saturated rings. The highest BCUT2D eigenvalue weighted by atomic mass is 32.1. The van der Waals surface area contributed by atoms with E-state index in [1.807, 2.05) is 99.1 Å². The second-order valence-electron chi connectivity index (χ2n) is 9.42. The summed E-state index contributed by atoms with van der Waals surface area (Å²) in [5.74, 6) is -0.304. The highest BCUT2D eigenvalue weighted by molar-refractivity contribution is 7.20. The van der Waals surface area contributed by atoms with Crippen molar-refractivity contribution < 1.29 is 9.59 Å². The van der Waals surface area contributed by atoms with E-state index in [2.05, 4.69) is 10.4 Å². The van der Waals surface area contributed by atoms with Crippen LogP contribution in [0.1, 0.15) is 41.7 Å². The van der Waals surface area contributed by atoms with Crippen molar-refractivity contribution in [3.8, 4) is 5.69 Å². The predicted octanol–water partition coefficient (Wildman–Crippen LogP) is 5.00. The van der Waals surface area contributed by atoms with Gasteiger partial charge in [-0.2, -0.15) is 5.10 Å².